The van der Waals surface area contributed by atoms with Crippen LogP contribution in [0, 0.1) is 18.3 Å². The molecule has 4 aliphatic rings. The number of aryl methyl sites for hydroxylation is 1. The summed E-state index contributed by atoms with van der Waals surface area (Å²) in [5.74, 6) is -0.643. The number of anilines is 1. The number of carbonyl (C=O) groups excluding carboxylic acids is 6. The molecular formula is C56H74N12O7S. The molecule has 20 heteroatoms. The molecule has 0 bridgehead atoms. The molecule has 76 heavy (non-hydrogen) atoms. The Morgan fingerprint density at radius 2 is 1.61 bits per heavy atom. The van der Waals surface area contributed by atoms with Crippen LogP contribution < -0.4 is 20.9 Å². The van der Waals surface area contributed by atoms with Crippen LogP contribution in [0.4, 0.5) is 5.82 Å². The van der Waals surface area contributed by atoms with Crippen LogP contribution in [0.2, 0.25) is 0 Å². The van der Waals surface area contributed by atoms with Crippen LogP contribution in [0.1, 0.15) is 106 Å². The summed E-state index contributed by atoms with van der Waals surface area (Å²) in [4.78, 5) is 99.3. The molecule has 4 aromatic rings. The number of carbonyl (C=O) groups is 6. The van der Waals surface area contributed by atoms with Crippen molar-refractivity contribution in [2.45, 2.75) is 116 Å². The minimum absolute atomic E-state index is 0.0451. The predicted octanol–water partition coefficient (Wildman–Crippen LogP) is 4.47. The second-order valence-electron chi connectivity index (χ2n) is 21.7. The lowest BCUT2D eigenvalue weighted by atomic mass is 9.85. The lowest BCUT2D eigenvalue weighted by molar-refractivity contribution is -0.145. The van der Waals surface area contributed by atoms with Crippen LogP contribution in [0.25, 0.3) is 16.5 Å². The zero-order chi connectivity index (χ0) is 53.8. The summed E-state index contributed by atoms with van der Waals surface area (Å²) >= 11 is 1.57. The summed E-state index contributed by atoms with van der Waals surface area (Å²) in [5.41, 5.74) is 5.17. The molecule has 4 N–H and O–H groups in total. The first-order chi connectivity index (χ1) is 36.6. The maximum absolute atomic E-state index is 14.2. The molecular weight excluding hydrogens is 985 g/mol. The number of aliphatic hydroxyl groups excluding tert-OH is 1. The molecule has 4 saturated heterocycles. The molecule has 1 aromatic carbocycles. The molecule has 0 spiro atoms. The Kier molecular flexibility index (Phi) is 19.0. The Bertz CT molecular complexity index is 2640. The van der Waals surface area contributed by atoms with Crippen LogP contribution in [0.3, 0.4) is 0 Å². The van der Waals surface area contributed by atoms with Gasteiger partial charge in [-0.05, 0) is 91.3 Å². The first kappa shape index (κ1) is 55.6. The number of β-amino-alcohol motifs (C(OH)–C–C–N with tert-alkyl or cyclic N) is 1. The molecule has 0 radical (unpaired) electrons. The summed E-state index contributed by atoms with van der Waals surface area (Å²) in [6, 6.07) is 13.6. The Hall–Kier alpha value is -6.64. The molecule has 406 valence electrons. The highest BCUT2D eigenvalue weighted by atomic mass is 32.1. The van der Waals surface area contributed by atoms with E-state index in [1.165, 1.54) is 11.0 Å². The number of hydrogen-bond donors (Lipinski definition) is 4. The van der Waals surface area contributed by atoms with E-state index in [2.05, 4.69) is 45.9 Å². The third-order valence-corrected chi connectivity index (χ3v) is 16.2. The maximum Gasteiger partial charge on any atom is 0.274 e. The number of aliphatic hydroxyl groups is 1. The highest BCUT2D eigenvalue weighted by molar-refractivity contribution is 7.13. The van der Waals surface area contributed by atoms with Gasteiger partial charge >= 0.3 is 0 Å². The fourth-order valence-electron chi connectivity index (χ4n) is 10.7. The first-order valence-corrected chi connectivity index (χ1v) is 27.8. The van der Waals surface area contributed by atoms with Gasteiger partial charge in [0.15, 0.2) is 11.5 Å². The number of nitrogens with zero attached hydrogens (tertiary/aromatic N) is 9. The molecule has 7 heterocycles. The fourth-order valence-corrected chi connectivity index (χ4v) is 11.5. The van der Waals surface area contributed by atoms with E-state index in [9.17, 15) is 33.9 Å². The molecule has 8 rings (SSSR count). The number of thiazole rings is 1. The number of unbranched alkanes of at least 4 members (excludes halogenated alkanes) is 1. The van der Waals surface area contributed by atoms with Crippen molar-refractivity contribution in [3.8, 4) is 10.4 Å². The summed E-state index contributed by atoms with van der Waals surface area (Å²) in [6.45, 7) is 13.5. The van der Waals surface area contributed by atoms with Crippen molar-refractivity contribution in [1.82, 2.24) is 55.7 Å². The van der Waals surface area contributed by atoms with Crippen LogP contribution in [0.5, 0.6) is 0 Å². The second kappa shape index (κ2) is 25.9. The SMILES string of the molecule is Cc1ncsc1-c1ccc(CNC(=O)[C@@H]2C[C@@H](O)CN2C(=O)[C@@H](NC(=O)CC(=O)N2CCN(C3CCN(c4ccc(C(=O)N5CCC(CCCCNC(=O)/C=C/c6cccnc6)CC5)nn4)CC3)CC2)C(C)(C)C)cc1. The lowest BCUT2D eigenvalue weighted by Gasteiger charge is -2.43. The molecule has 4 aliphatic heterocycles. The van der Waals surface area contributed by atoms with Gasteiger partial charge in [-0.2, -0.15) is 0 Å². The summed E-state index contributed by atoms with van der Waals surface area (Å²) in [5, 5.41) is 28.2. The summed E-state index contributed by atoms with van der Waals surface area (Å²) in [7, 11) is 0. The average molecular weight is 1060 g/mol. The van der Waals surface area contributed by atoms with Gasteiger partial charge < -0.3 is 40.7 Å². The van der Waals surface area contributed by atoms with Crippen molar-refractivity contribution in [2.24, 2.45) is 11.3 Å². The molecule has 3 atom stereocenters. The standard InChI is InChI=1S/C56H74N12O7S/c1-38-51(76-37-60-38)42-13-10-41(11-14-42)35-59-53(73)46-32-44(69)36-68(46)55(75)52(56(2,3)4)61-49(71)33-50(72)66-30-28-64(29-31-66)43-20-26-65(27-21-43)47-16-15-45(62-63-47)54(74)67-24-18-39(19-25-67)8-5-6-23-58-48(70)17-12-40-9-7-22-57-34-40/h7,9-17,22,34,37,39,43-44,46,52,69H,5-6,8,18-21,23-33,35-36H2,1-4H3,(H,58,70)(H,59,73)(H,61,71)/b17-12+/t44-,46+,52-/m1/s1. The predicted molar refractivity (Wildman–Crippen MR) is 290 cm³/mol. The Labute approximate surface area is 449 Å². The lowest BCUT2D eigenvalue weighted by Crippen LogP contribution is -2.58. The van der Waals surface area contributed by atoms with Gasteiger partial charge in [-0.1, -0.05) is 63.9 Å². The zero-order valence-corrected chi connectivity index (χ0v) is 45.2. The number of likely N-dealkylation sites (tertiary alicyclic amines) is 2. The molecule has 6 amide bonds. The number of amides is 6. The summed E-state index contributed by atoms with van der Waals surface area (Å²) < 4.78 is 0. The maximum atomic E-state index is 14.2. The van der Waals surface area contributed by atoms with Crippen molar-refractivity contribution in [3.63, 3.8) is 0 Å². The van der Waals surface area contributed by atoms with Gasteiger partial charge in [0.2, 0.25) is 29.5 Å². The van der Waals surface area contributed by atoms with E-state index < -0.39 is 41.8 Å². The minimum atomic E-state index is -1.04. The number of aromatic nitrogens is 4. The van der Waals surface area contributed by atoms with Crippen molar-refractivity contribution >= 4 is 58.7 Å². The topological polar surface area (TPSA) is 226 Å². The highest BCUT2D eigenvalue weighted by Crippen LogP contribution is 2.30. The molecule has 4 fully saturated rings. The van der Waals surface area contributed by atoms with Crippen molar-refractivity contribution < 1.29 is 33.9 Å². The molecule has 0 saturated carbocycles. The average Bonchev–Trinajstić information content (AvgIpc) is 4.06. The van der Waals surface area contributed by atoms with Crippen LogP contribution in [-0.4, -0.2) is 170 Å². The van der Waals surface area contributed by atoms with Crippen LogP contribution in [-0.2, 0) is 30.5 Å². The third kappa shape index (κ3) is 14.8. The largest absolute Gasteiger partial charge is 0.391 e. The van der Waals surface area contributed by atoms with Gasteiger partial charge in [0, 0.05) is 103 Å². The number of nitrogens with one attached hydrogen (secondary N) is 3. The van der Waals surface area contributed by atoms with E-state index in [-0.39, 0.29) is 43.1 Å². The zero-order valence-electron chi connectivity index (χ0n) is 44.4. The van der Waals surface area contributed by atoms with Crippen LogP contribution in [0.15, 0.2) is 72.5 Å². The van der Waals surface area contributed by atoms with Crippen molar-refractivity contribution in [2.75, 3.05) is 70.3 Å². The highest BCUT2D eigenvalue weighted by Gasteiger charge is 2.45. The normalized spacial score (nSPS) is 19.4. The number of benzene rings is 1. The fraction of sp³-hybridized carbons (Fsp3) is 0.536. The van der Waals surface area contributed by atoms with Gasteiger partial charge in [0.25, 0.3) is 5.91 Å². The van der Waals surface area contributed by atoms with Crippen molar-refractivity contribution in [1.29, 1.82) is 0 Å². The van der Waals surface area contributed by atoms with E-state index in [0.29, 0.717) is 63.5 Å². The number of piperazine rings is 1. The Balaban J connectivity index is 0.714. The Morgan fingerprint density at radius 3 is 2.26 bits per heavy atom. The number of pyridine rings is 1. The van der Waals surface area contributed by atoms with Gasteiger partial charge in [0.1, 0.15) is 18.5 Å². The van der Waals surface area contributed by atoms with E-state index >= 15 is 0 Å². The first-order valence-electron chi connectivity index (χ1n) is 26.9. The smallest absolute Gasteiger partial charge is 0.274 e. The number of rotatable bonds is 18. The summed E-state index contributed by atoms with van der Waals surface area (Å²) in [6.07, 6.45) is 12.2. The second-order valence-corrected chi connectivity index (χ2v) is 22.5. The van der Waals surface area contributed by atoms with E-state index in [1.54, 1.807) is 40.8 Å². The van der Waals surface area contributed by atoms with E-state index in [4.69, 9.17) is 0 Å². The van der Waals surface area contributed by atoms with Crippen LogP contribution >= 0.6 is 11.3 Å². The third-order valence-electron chi connectivity index (χ3n) is 15.2. The molecule has 0 aliphatic carbocycles. The van der Waals surface area contributed by atoms with Gasteiger partial charge in [-0.3, -0.25) is 38.7 Å². The van der Waals surface area contributed by atoms with Crippen molar-refractivity contribution in [3.05, 3.63) is 95.0 Å². The Morgan fingerprint density at radius 1 is 0.855 bits per heavy atom. The monoisotopic (exact) mass is 1060 g/mol. The van der Waals surface area contributed by atoms with Gasteiger partial charge in [0.05, 0.1) is 22.2 Å². The number of hydrogen-bond acceptors (Lipinski definition) is 14. The molecule has 0 unspecified atom stereocenters. The molecule has 19 nitrogen and oxygen atoms in total. The van der Waals surface area contributed by atoms with E-state index in [0.717, 1.165) is 91.1 Å². The van der Waals surface area contributed by atoms with E-state index in [1.807, 2.05) is 80.6 Å². The minimum Gasteiger partial charge on any atom is -0.391 e. The number of piperidine rings is 2. The molecule has 3 aromatic heterocycles. The van der Waals surface area contributed by atoms with Gasteiger partial charge in [-0.15, -0.1) is 21.5 Å². The van der Waals surface area contributed by atoms with Gasteiger partial charge in [-0.25, -0.2) is 4.98 Å². The quantitative estimate of drug-likeness (QED) is 0.0614.